The molecule has 2 aromatic rings. The Morgan fingerprint density at radius 2 is 2.15 bits per heavy atom. The highest BCUT2D eigenvalue weighted by atomic mass is 79.9. The molecule has 0 unspecified atom stereocenters. The standard InChI is InChI=1S/C12H9BrN4O3/c13-7-1-2-10(9(5-7)17(18)19)20-11-6-16-4-3-8(11)12(14)15/h1-6H,(H3,14,15). The van der Waals surface area contributed by atoms with Crippen LogP contribution in [0.4, 0.5) is 5.69 Å². The second kappa shape index (κ2) is 5.66. The third-order valence-electron chi connectivity index (χ3n) is 2.41. The fraction of sp³-hybridized carbons (Fsp3) is 0. The van der Waals surface area contributed by atoms with E-state index < -0.39 is 4.92 Å². The van der Waals surface area contributed by atoms with Crippen molar-refractivity contribution in [2.75, 3.05) is 0 Å². The van der Waals surface area contributed by atoms with Gasteiger partial charge in [-0.05, 0) is 18.2 Å². The molecule has 0 amide bonds. The number of hydrogen-bond donors (Lipinski definition) is 2. The highest BCUT2D eigenvalue weighted by Gasteiger charge is 2.18. The Hall–Kier alpha value is -2.48. The SMILES string of the molecule is N=C(N)c1ccncc1Oc1ccc(Br)cc1[N+](=O)[O-]. The molecular weight excluding hydrogens is 328 g/mol. The zero-order valence-electron chi connectivity index (χ0n) is 10.0. The molecule has 7 nitrogen and oxygen atoms in total. The number of nitrogens with zero attached hydrogens (tertiary/aromatic N) is 2. The van der Waals surface area contributed by atoms with Crippen molar-refractivity contribution in [3.8, 4) is 11.5 Å². The molecule has 0 radical (unpaired) electrons. The van der Waals surface area contributed by atoms with Crippen molar-refractivity contribution in [3.05, 3.63) is 56.8 Å². The number of ether oxygens (including phenoxy) is 1. The molecule has 0 aliphatic heterocycles. The van der Waals surface area contributed by atoms with E-state index in [2.05, 4.69) is 20.9 Å². The largest absolute Gasteiger partial charge is 0.448 e. The zero-order chi connectivity index (χ0) is 14.7. The van der Waals surface area contributed by atoms with Crippen LogP contribution in [-0.2, 0) is 0 Å². The maximum Gasteiger partial charge on any atom is 0.312 e. The molecule has 0 saturated carbocycles. The van der Waals surface area contributed by atoms with Crippen LogP contribution in [0.1, 0.15) is 5.56 Å². The number of hydrogen-bond acceptors (Lipinski definition) is 5. The van der Waals surface area contributed by atoms with Gasteiger partial charge in [0.2, 0.25) is 5.75 Å². The molecule has 0 bridgehead atoms. The number of amidine groups is 1. The quantitative estimate of drug-likeness (QED) is 0.385. The van der Waals surface area contributed by atoms with Crippen molar-refractivity contribution >= 4 is 27.5 Å². The van der Waals surface area contributed by atoms with Crippen LogP contribution in [0.25, 0.3) is 0 Å². The first-order valence-electron chi connectivity index (χ1n) is 5.39. The molecule has 0 atom stereocenters. The summed E-state index contributed by atoms with van der Waals surface area (Å²) < 4.78 is 6.04. The van der Waals surface area contributed by atoms with E-state index in [0.717, 1.165) is 0 Å². The molecule has 20 heavy (non-hydrogen) atoms. The normalized spacial score (nSPS) is 10.1. The summed E-state index contributed by atoms with van der Waals surface area (Å²) in [4.78, 5) is 14.3. The Morgan fingerprint density at radius 3 is 2.80 bits per heavy atom. The lowest BCUT2D eigenvalue weighted by atomic mass is 10.2. The van der Waals surface area contributed by atoms with Crippen molar-refractivity contribution in [1.82, 2.24) is 4.98 Å². The van der Waals surface area contributed by atoms with E-state index in [9.17, 15) is 10.1 Å². The Bertz CT molecular complexity index is 690. The maximum absolute atomic E-state index is 11.0. The average Bonchev–Trinajstić information content (AvgIpc) is 2.41. The predicted octanol–water partition coefficient (Wildman–Crippen LogP) is 2.83. The lowest BCUT2D eigenvalue weighted by molar-refractivity contribution is -0.385. The number of benzene rings is 1. The number of halogens is 1. The van der Waals surface area contributed by atoms with Crippen LogP contribution in [-0.4, -0.2) is 15.7 Å². The van der Waals surface area contributed by atoms with E-state index >= 15 is 0 Å². The van der Waals surface area contributed by atoms with Gasteiger partial charge in [0.05, 0.1) is 16.7 Å². The van der Waals surface area contributed by atoms with Gasteiger partial charge in [-0.2, -0.15) is 0 Å². The minimum Gasteiger partial charge on any atom is -0.448 e. The smallest absolute Gasteiger partial charge is 0.312 e. The highest BCUT2D eigenvalue weighted by Crippen LogP contribution is 2.34. The van der Waals surface area contributed by atoms with Crippen molar-refractivity contribution in [2.24, 2.45) is 5.73 Å². The molecule has 1 aromatic carbocycles. The van der Waals surface area contributed by atoms with Crippen molar-refractivity contribution in [2.45, 2.75) is 0 Å². The summed E-state index contributed by atoms with van der Waals surface area (Å²) in [5, 5.41) is 18.4. The molecule has 0 spiro atoms. The highest BCUT2D eigenvalue weighted by molar-refractivity contribution is 9.10. The molecule has 2 rings (SSSR count). The third-order valence-corrected chi connectivity index (χ3v) is 2.91. The number of pyridine rings is 1. The summed E-state index contributed by atoms with van der Waals surface area (Å²) in [6, 6.07) is 5.91. The molecule has 3 N–H and O–H groups in total. The van der Waals surface area contributed by atoms with Crippen LogP contribution in [0.15, 0.2) is 41.1 Å². The van der Waals surface area contributed by atoms with Crippen LogP contribution < -0.4 is 10.5 Å². The number of nitrogen functional groups attached to an aromatic ring is 1. The lowest BCUT2D eigenvalue weighted by Crippen LogP contribution is -2.12. The number of nitrogens with two attached hydrogens (primary N) is 1. The second-order valence-electron chi connectivity index (χ2n) is 3.76. The molecule has 0 saturated heterocycles. The van der Waals surface area contributed by atoms with E-state index in [0.29, 0.717) is 10.0 Å². The number of rotatable bonds is 4. The van der Waals surface area contributed by atoms with E-state index in [-0.39, 0.29) is 23.0 Å². The van der Waals surface area contributed by atoms with Crippen molar-refractivity contribution in [1.29, 1.82) is 5.41 Å². The minimum absolute atomic E-state index is 0.0497. The first kappa shape index (κ1) is 13.9. The van der Waals surface area contributed by atoms with E-state index in [1.165, 1.54) is 30.6 Å². The van der Waals surface area contributed by atoms with Gasteiger partial charge in [-0.25, -0.2) is 0 Å². The van der Waals surface area contributed by atoms with Gasteiger partial charge in [0.15, 0.2) is 5.75 Å². The number of nitro groups is 1. The first-order valence-corrected chi connectivity index (χ1v) is 6.18. The van der Waals surface area contributed by atoms with E-state index in [4.69, 9.17) is 15.9 Å². The monoisotopic (exact) mass is 336 g/mol. The number of aromatic nitrogens is 1. The number of nitrogens with one attached hydrogen (secondary N) is 1. The maximum atomic E-state index is 11.0. The molecular formula is C12H9BrN4O3. The average molecular weight is 337 g/mol. The summed E-state index contributed by atoms with van der Waals surface area (Å²) in [5.41, 5.74) is 5.54. The van der Waals surface area contributed by atoms with Crippen LogP contribution >= 0.6 is 15.9 Å². The molecule has 8 heteroatoms. The van der Waals surface area contributed by atoms with Gasteiger partial charge >= 0.3 is 5.69 Å². The van der Waals surface area contributed by atoms with Crippen LogP contribution in [0.5, 0.6) is 11.5 Å². The minimum atomic E-state index is -0.552. The molecule has 0 fully saturated rings. The first-order chi connectivity index (χ1) is 9.49. The molecule has 1 aromatic heterocycles. The molecule has 1 heterocycles. The zero-order valence-corrected chi connectivity index (χ0v) is 11.6. The molecule has 0 aliphatic rings. The van der Waals surface area contributed by atoms with Gasteiger partial charge in [0.25, 0.3) is 0 Å². The van der Waals surface area contributed by atoms with Gasteiger partial charge in [-0.15, -0.1) is 0 Å². The Balaban J connectivity index is 2.45. The Kier molecular flexibility index (Phi) is 3.94. The van der Waals surface area contributed by atoms with Gasteiger partial charge < -0.3 is 10.5 Å². The molecule has 102 valence electrons. The summed E-state index contributed by atoms with van der Waals surface area (Å²) in [7, 11) is 0. The number of nitro benzene ring substituents is 1. The summed E-state index contributed by atoms with van der Waals surface area (Å²) in [6.45, 7) is 0. The van der Waals surface area contributed by atoms with Crippen LogP contribution in [0.3, 0.4) is 0 Å². The lowest BCUT2D eigenvalue weighted by Gasteiger charge is -2.09. The Morgan fingerprint density at radius 1 is 1.40 bits per heavy atom. The predicted molar refractivity (Wildman–Crippen MR) is 76.1 cm³/mol. The summed E-state index contributed by atoms with van der Waals surface area (Å²) in [5.74, 6) is 0.0290. The summed E-state index contributed by atoms with van der Waals surface area (Å²) >= 11 is 3.16. The summed E-state index contributed by atoms with van der Waals surface area (Å²) in [6.07, 6.45) is 2.81. The van der Waals surface area contributed by atoms with Crippen LogP contribution in [0, 0.1) is 15.5 Å². The fourth-order valence-electron chi connectivity index (χ4n) is 1.52. The fourth-order valence-corrected chi connectivity index (χ4v) is 1.87. The third kappa shape index (κ3) is 2.91. The van der Waals surface area contributed by atoms with Gasteiger partial charge in [0.1, 0.15) is 5.84 Å². The van der Waals surface area contributed by atoms with E-state index in [1.807, 2.05) is 0 Å². The topological polar surface area (TPSA) is 115 Å². The van der Waals surface area contributed by atoms with Gasteiger partial charge in [-0.3, -0.25) is 20.5 Å². The van der Waals surface area contributed by atoms with Gasteiger partial charge in [-0.1, -0.05) is 15.9 Å². The van der Waals surface area contributed by atoms with E-state index in [1.54, 1.807) is 6.07 Å². The van der Waals surface area contributed by atoms with Crippen LogP contribution in [0.2, 0.25) is 0 Å². The second-order valence-corrected chi connectivity index (χ2v) is 4.67. The van der Waals surface area contributed by atoms with Crippen molar-refractivity contribution < 1.29 is 9.66 Å². The van der Waals surface area contributed by atoms with Crippen molar-refractivity contribution in [3.63, 3.8) is 0 Å². The molecule has 0 aliphatic carbocycles. The van der Waals surface area contributed by atoms with Gasteiger partial charge in [0, 0.05) is 16.7 Å². The Labute approximate surface area is 122 Å².